The number of esters is 1. The maximum atomic E-state index is 12.3. The van der Waals surface area contributed by atoms with Crippen LogP contribution in [0.4, 0.5) is 5.69 Å². The standard InChI is InChI=1S/C18H21NO3/c1-2-3-11-21-17-10-9-15(19)12-16(17)18(20)22-13-14-7-5-4-6-8-14/h4-10,12H,2-3,11,13,19H2,1H3. The van der Waals surface area contributed by atoms with Gasteiger partial charge < -0.3 is 15.2 Å². The van der Waals surface area contributed by atoms with Crippen LogP contribution in [0.2, 0.25) is 0 Å². The fourth-order valence-electron chi connectivity index (χ4n) is 1.96. The highest BCUT2D eigenvalue weighted by Crippen LogP contribution is 2.23. The highest BCUT2D eigenvalue weighted by molar-refractivity contribution is 5.93. The van der Waals surface area contributed by atoms with E-state index in [2.05, 4.69) is 6.92 Å². The summed E-state index contributed by atoms with van der Waals surface area (Å²) in [4.78, 5) is 12.3. The highest BCUT2D eigenvalue weighted by Gasteiger charge is 2.15. The van der Waals surface area contributed by atoms with Crippen LogP contribution in [0.5, 0.6) is 5.75 Å². The summed E-state index contributed by atoms with van der Waals surface area (Å²) in [5.41, 5.74) is 7.58. The molecule has 2 aromatic carbocycles. The fraction of sp³-hybridized carbons (Fsp3) is 0.278. The third-order valence-corrected chi connectivity index (χ3v) is 3.19. The second-order valence-electron chi connectivity index (χ2n) is 5.02. The van der Waals surface area contributed by atoms with E-state index in [0.717, 1.165) is 18.4 Å². The zero-order valence-corrected chi connectivity index (χ0v) is 12.7. The molecule has 116 valence electrons. The molecular weight excluding hydrogens is 278 g/mol. The van der Waals surface area contributed by atoms with Crippen molar-refractivity contribution in [2.45, 2.75) is 26.4 Å². The maximum absolute atomic E-state index is 12.3. The summed E-state index contributed by atoms with van der Waals surface area (Å²) >= 11 is 0. The lowest BCUT2D eigenvalue weighted by molar-refractivity contribution is 0.0468. The van der Waals surface area contributed by atoms with E-state index in [1.807, 2.05) is 30.3 Å². The van der Waals surface area contributed by atoms with Gasteiger partial charge in [0.1, 0.15) is 17.9 Å². The van der Waals surface area contributed by atoms with Crippen molar-refractivity contribution in [2.24, 2.45) is 0 Å². The molecule has 4 nitrogen and oxygen atoms in total. The zero-order valence-electron chi connectivity index (χ0n) is 12.7. The van der Waals surface area contributed by atoms with Crippen molar-refractivity contribution >= 4 is 11.7 Å². The minimum Gasteiger partial charge on any atom is -0.493 e. The van der Waals surface area contributed by atoms with Gasteiger partial charge in [-0.15, -0.1) is 0 Å². The smallest absolute Gasteiger partial charge is 0.342 e. The van der Waals surface area contributed by atoms with Crippen molar-refractivity contribution in [2.75, 3.05) is 12.3 Å². The molecule has 0 aromatic heterocycles. The molecule has 0 atom stereocenters. The summed E-state index contributed by atoms with van der Waals surface area (Å²) in [5.74, 6) is 0.0864. The van der Waals surface area contributed by atoms with Crippen molar-refractivity contribution in [3.8, 4) is 5.75 Å². The average molecular weight is 299 g/mol. The van der Waals surface area contributed by atoms with E-state index in [1.54, 1.807) is 18.2 Å². The molecule has 2 N–H and O–H groups in total. The van der Waals surface area contributed by atoms with Gasteiger partial charge in [-0.1, -0.05) is 43.7 Å². The quantitative estimate of drug-likeness (QED) is 0.480. The monoisotopic (exact) mass is 299 g/mol. The molecule has 0 saturated carbocycles. The minimum absolute atomic E-state index is 0.225. The van der Waals surface area contributed by atoms with E-state index in [9.17, 15) is 4.79 Å². The van der Waals surface area contributed by atoms with Gasteiger partial charge >= 0.3 is 5.97 Å². The Bertz CT molecular complexity index is 611. The number of benzene rings is 2. The molecule has 0 fully saturated rings. The van der Waals surface area contributed by atoms with Crippen LogP contribution in [-0.4, -0.2) is 12.6 Å². The molecule has 0 unspecified atom stereocenters. The topological polar surface area (TPSA) is 61.5 Å². The molecular formula is C18H21NO3. The SMILES string of the molecule is CCCCOc1ccc(N)cc1C(=O)OCc1ccccc1. The molecule has 22 heavy (non-hydrogen) atoms. The van der Waals surface area contributed by atoms with Gasteiger partial charge in [-0.3, -0.25) is 0 Å². The molecule has 2 aromatic rings. The van der Waals surface area contributed by atoms with Crippen molar-refractivity contribution in [1.82, 2.24) is 0 Å². The molecule has 0 aliphatic carbocycles. The third-order valence-electron chi connectivity index (χ3n) is 3.19. The second kappa shape index (κ2) is 8.08. The number of nitrogens with two attached hydrogens (primary N) is 1. The highest BCUT2D eigenvalue weighted by atomic mass is 16.5. The number of hydrogen-bond acceptors (Lipinski definition) is 4. The van der Waals surface area contributed by atoms with Gasteiger partial charge in [0.2, 0.25) is 0 Å². The lowest BCUT2D eigenvalue weighted by Crippen LogP contribution is -2.09. The number of unbranched alkanes of at least 4 members (excludes halogenated alkanes) is 1. The zero-order chi connectivity index (χ0) is 15.8. The Hall–Kier alpha value is -2.49. The Kier molecular flexibility index (Phi) is 5.83. The van der Waals surface area contributed by atoms with Crippen LogP contribution in [0.15, 0.2) is 48.5 Å². The molecule has 2 rings (SSSR count). The van der Waals surface area contributed by atoms with Crippen LogP contribution in [0, 0.1) is 0 Å². The molecule has 0 bridgehead atoms. The summed E-state index contributed by atoms with van der Waals surface area (Å²) in [6.07, 6.45) is 1.96. The van der Waals surface area contributed by atoms with Gasteiger partial charge in [0, 0.05) is 5.69 Å². The summed E-state index contributed by atoms with van der Waals surface area (Å²) in [5, 5.41) is 0. The molecule has 0 spiro atoms. The Balaban J connectivity index is 2.05. The van der Waals surface area contributed by atoms with E-state index in [-0.39, 0.29) is 6.61 Å². The molecule has 4 heteroatoms. The number of hydrogen-bond donors (Lipinski definition) is 1. The molecule has 0 aliphatic heterocycles. The van der Waals surface area contributed by atoms with Crippen molar-refractivity contribution < 1.29 is 14.3 Å². The van der Waals surface area contributed by atoms with Crippen molar-refractivity contribution in [3.63, 3.8) is 0 Å². The first-order valence-corrected chi connectivity index (χ1v) is 7.44. The van der Waals surface area contributed by atoms with Gasteiger partial charge in [-0.05, 0) is 30.2 Å². The number of anilines is 1. The van der Waals surface area contributed by atoms with Crippen molar-refractivity contribution in [1.29, 1.82) is 0 Å². The lowest BCUT2D eigenvalue weighted by atomic mass is 10.1. The molecule has 0 saturated heterocycles. The molecule has 0 heterocycles. The number of rotatable bonds is 7. The first kappa shape index (κ1) is 15.9. The summed E-state index contributed by atoms with van der Waals surface area (Å²) in [6.45, 7) is 2.88. The number of ether oxygens (including phenoxy) is 2. The average Bonchev–Trinajstić information content (AvgIpc) is 2.55. The van der Waals surface area contributed by atoms with E-state index >= 15 is 0 Å². The third kappa shape index (κ3) is 4.52. The number of carbonyl (C=O) groups is 1. The normalized spacial score (nSPS) is 10.2. The van der Waals surface area contributed by atoms with E-state index in [1.165, 1.54) is 0 Å². The maximum Gasteiger partial charge on any atom is 0.342 e. The molecule has 0 amide bonds. The van der Waals surface area contributed by atoms with Crippen molar-refractivity contribution in [3.05, 3.63) is 59.7 Å². The van der Waals surface area contributed by atoms with Crippen LogP contribution in [-0.2, 0) is 11.3 Å². The lowest BCUT2D eigenvalue weighted by Gasteiger charge is -2.12. The molecule has 0 radical (unpaired) electrons. The van der Waals surface area contributed by atoms with Gasteiger partial charge in [0.15, 0.2) is 0 Å². The van der Waals surface area contributed by atoms with Gasteiger partial charge in [0.05, 0.1) is 6.61 Å². The van der Waals surface area contributed by atoms with E-state index in [0.29, 0.717) is 23.6 Å². The number of carbonyl (C=O) groups excluding carboxylic acids is 1. The van der Waals surface area contributed by atoms with Crippen LogP contribution < -0.4 is 10.5 Å². The molecule has 0 aliphatic rings. The van der Waals surface area contributed by atoms with Crippen LogP contribution in [0.25, 0.3) is 0 Å². The largest absolute Gasteiger partial charge is 0.493 e. The second-order valence-corrected chi connectivity index (χ2v) is 5.02. The number of nitrogen functional groups attached to an aromatic ring is 1. The van der Waals surface area contributed by atoms with Gasteiger partial charge in [0.25, 0.3) is 0 Å². The van der Waals surface area contributed by atoms with E-state index < -0.39 is 5.97 Å². The first-order valence-electron chi connectivity index (χ1n) is 7.44. The summed E-state index contributed by atoms with van der Waals surface area (Å²) in [7, 11) is 0. The van der Waals surface area contributed by atoms with Gasteiger partial charge in [-0.25, -0.2) is 4.79 Å². The Morgan fingerprint density at radius 1 is 1.14 bits per heavy atom. The predicted octanol–water partition coefficient (Wildman–Crippen LogP) is 3.80. The Morgan fingerprint density at radius 2 is 1.91 bits per heavy atom. The Morgan fingerprint density at radius 3 is 2.64 bits per heavy atom. The summed E-state index contributed by atoms with van der Waals surface area (Å²) in [6, 6.07) is 14.6. The Labute approximate surface area is 130 Å². The van der Waals surface area contributed by atoms with Gasteiger partial charge in [-0.2, -0.15) is 0 Å². The van der Waals surface area contributed by atoms with Crippen LogP contribution >= 0.6 is 0 Å². The van der Waals surface area contributed by atoms with Crippen LogP contribution in [0.3, 0.4) is 0 Å². The predicted molar refractivity (Wildman–Crippen MR) is 86.8 cm³/mol. The van der Waals surface area contributed by atoms with Crippen LogP contribution in [0.1, 0.15) is 35.7 Å². The summed E-state index contributed by atoms with van der Waals surface area (Å²) < 4.78 is 11.0. The first-order chi connectivity index (χ1) is 10.7. The van der Waals surface area contributed by atoms with E-state index in [4.69, 9.17) is 15.2 Å². The minimum atomic E-state index is -0.428. The fourth-order valence-corrected chi connectivity index (χ4v) is 1.96.